The fourth-order valence-corrected chi connectivity index (χ4v) is 6.63. The minimum absolute atomic E-state index is 0.174. The molecule has 0 aromatic heterocycles. The molecule has 0 rings (SSSR count). The summed E-state index contributed by atoms with van der Waals surface area (Å²) >= 11 is 0. The summed E-state index contributed by atoms with van der Waals surface area (Å²) in [6.45, 7) is 2.34. The van der Waals surface area contributed by atoms with Crippen LogP contribution in [0, 0.1) is 0 Å². The first-order valence-corrected chi connectivity index (χ1v) is 23.4. The van der Waals surface area contributed by atoms with Crippen LogP contribution in [0.15, 0.2) is 36.5 Å². The van der Waals surface area contributed by atoms with Gasteiger partial charge in [0.15, 0.2) is 6.10 Å². The molecule has 3 N–H and O–H groups in total. The van der Waals surface area contributed by atoms with E-state index in [1.165, 1.54) is 83.5 Å². The second-order valence-electron chi connectivity index (χ2n) is 14.7. The zero-order valence-electron chi connectivity index (χ0n) is 34.9. The van der Waals surface area contributed by atoms with E-state index >= 15 is 0 Å². The third-order valence-electron chi connectivity index (χ3n) is 9.27. The Kier molecular flexibility index (Phi) is 39.1. The molecule has 0 aliphatic rings. The fraction of sp³-hybridized carbons (Fsp3) is 0.818. The highest BCUT2D eigenvalue weighted by molar-refractivity contribution is 7.47. The molecule has 3 atom stereocenters. The van der Waals surface area contributed by atoms with Gasteiger partial charge in [-0.15, -0.1) is 0 Å². The predicted molar refractivity (Wildman–Crippen MR) is 224 cm³/mol. The summed E-state index contributed by atoms with van der Waals surface area (Å²) in [5.41, 5.74) is 0. The van der Waals surface area contributed by atoms with Crippen molar-refractivity contribution < 1.29 is 47.8 Å². The van der Waals surface area contributed by atoms with Crippen molar-refractivity contribution in [2.45, 2.75) is 206 Å². The molecule has 0 radical (unpaired) electrons. The van der Waals surface area contributed by atoms with E-state index in [2.05, 4.69) is 54.8 Å². The first-order valence-electron chi connectivity index (χ1n) is 21.9. The molecule has 0 saturated heterocycles. The summed E-state index contributed by atoms with van der Waals surface area (Å²) in [6, 6.07) is 0. The van der Waals surface area contributed by atoms with Crippen LogP contribution in [-0.2, 0) is 32.7 Å². The Morgan fingerprint density at radius 2 is 0.945 bits per heavy atom. The molecule has 1 unspecified atom stereocenters. The number of phosphoric acid groups is 1. The van der Waals surface area contributed by atoms with Crippen molar-refractivity contribution in [3.8, 4) is 0 Å². The van der Waals surface area contributed by atoms with Crippen molar-refractivity contribution in [1.29, 1.82) is 0 Å². The lowest BCUT2D eigenvalue weighted by Crippen LogP contribution is -2.29. The molecule has 0 bridgehead atoms. The number of ether oxygens (including phenoxy) is 2. The van der Waals surface area contributed by atoms with Gasteiger partial charge < -0.3 is 24.6 Å². The molecule has 0 aliphatic heterocycles. The summed E-state index contributed by atoms with van der Waals surface area (Å²) in [6.07, 6.45) is 41.0. The van der Waals surface area contributed by atoms with Gasteiger partial charge in [-0.25, -0.2) is 4.57 Å². The second-order valence-corrected chi connectivity index (χ2v) is 16.2. The minimum atomic E-state index is -4.62. The van der Waals surface area contributed by atoms with Crippen molar-refractivity contribution in [3.05, 3.63) is 36.5 Å². The average molecular weight is 801 g/mol. The Labute approximate surface area is 335 Å². The van der Waals surface area contributed by atoms with Crippen molar-refractivity contribution >= 4 is 19.8 Å². The first-order chi connectivity index (χ1) is 26.7. The highest BCUT2D eigenvalue weighted by Crippen LogP contribution is 2.43. The predicted octanol–water partition coefficient (Wildman–Crippen LogP) is 11.6. The number of carbonyl (C=O) groups excluding carboxylic acids is 2. The van der Waals surface area contributed by atoms with Crippen LogP contribution in [0.1, 0.15) is 194 Å². The summed E-state index contributed by atoms with van der Waals surface area (Å²) in [5.74, 6) is -0.941. The molecule has 55 heavy (non-hydrogen) atoms. The SMILES string of the molecule is CCCCC/C=C/C/C=C/CCCCCCCCCC(=O)O[C@H](COC(=O)CCCCCCC/C=C/CCCCCCCC)COP(=O)(O)OC[C@@H](O)CO. The molecule has 0 amide bonds. The molecule has 0 fully saturated rings. The van der Waals surface area contributed by atoms with E-state index in [0.29, 0.717) is 12.8 Å². The Bertz CT molecular complexity index is 1010. The second kappa shape index (κ2) is 40.4. The number of unbranched alkanes of at least 4 members (excludes halogenated alkanes) is 21. The van der Waals surface area contributed by atoms with Crippen LogP contribution in [-0.4, -0.2) is 65.7 Å². The van der Waals surface area contributed by atoms with Gasteiger partial charge in [0.05, 0.1) is 19.8 Å². The van der Waals surface area contributed by atoms with Gasteiger partial charge in [-0.3, -0.25) is 18.6 Å². The lowest BCUT2D eigenvalue weighted by Gasteiger charge is -2.20. The van der Waals surface area contributed by atoms with Crippen LogP contribution in [0.25, 0.3) is 0 Å². The normalized spacial score (nSPS) is 14.2. The van der Waals surface area contributed by atoms with E-state index in [0.717, 1.165) is 70.6 Å². The molecular weight excluding hydrogens is 719 g/mol. The van der Waals surface area contributed by atoms with Gasteiger partial charge in [0.25, 0.3) is 0 Å². The molecule has 0 spiro atoms. The Morgan fingerprint density at radius 1 is 0.545 bits per heavy atom. The van der Waals surface area contributed by atoms with Gasteiger partial charge >= 0.3 is 19.8 Å². The van der Waals surface area contributed by atoms with Crippen molar-refractivity contribution in [1.82, 2.24) is 0 Å². The standard InChI is InChI=1S/C44H81O10P/c1-3-5-7-9-11-13-15-17-19-20-22-24-26-28-30-32-34-36-44(48)54-42(40-53-55(49,50)52-38-41(46)37-45)39-51-43(47)35-33-31-29-27-25-23-21-18-16-14-12-10-8-6-4-2/h11,13,17-19,21,41-42,45-46H,3-10,12,14-16,20,22-40H2,1-2H3,(H,49,50)/b13-11+,19-17+,21-18+/t41-,42+/m0/s1. The zero-order chi connectivity index (χ0) is 40.5. The van der Waals surface area contributed by atoms with Gasteiger partial charge in [-0.2, -0.15) is 0 Å². The largest absolute Gasteiger partial charge is 0.472 e. The Hall–Kier alpha value is -1.81. The number of aliphatic hydroxyl groups is 2. The quantitative estimate of drug-likeness (QED) is 0.0236. The molecule has 0 saturated carbocycles. The van der Waals surface area contributed by atoms with E-state index in [1.807, 2.05) is 0 Å². The molecule has 0 aliphatic carbocycles. The van der Waals surface area contributed by atoms with E-state index in [9.17, 15) is 24.2 Å². The van der Waals surface area contributed by atoms with Gasteiger partial charge in [-0.1, -0.05) is 147 Å². The average Bonchev–Trinajstić information content (AvgIpc) is 3.17. The Morgan fingerprint density at radius 3 is 1.45 bits per heavy atom. The number of rotatable bonds is 41. The molecule has 10 nitrogen and oxygen atoms in total. The topological polar surface area (TPSA) is 149 Å². The smallest absolute Gasteiger partial charge is 0.462 e. The Balaban J connectivity index is 4.31. The molecule has 0 heterocycles. The van der Waals surface area contributed by atoms with Gasteiger partial charge in [0.2, 0.25) is 0 Å². The van der Waals surface area contributed by atoms with E-state index in [4.69, 9.17) is 19.1 Å². The maximum atomic E-state index is 12.6. The van der Waals surface area contributed by atoms with Gasteiger partial charge in [0, 0.05) is 12.8 Å². The molecule has 0 aromatic carbocycles. The summed E-state index contributed by atoms with van der Waals surface area (Å²) in [7, 11) is -4.62. The maximum absolute atomic E-state index is 12.6. The van der Waals surface area contributed by atoms with Crippen molar-refractivity contribution in [2.24, 2.45) is 0 Å². The lowest BCUT2D eigenvalue weighted by atomic mass is 10.1. The monoisotopic (exact) mass is 801 g/mol. The van der Waals surface area contributed by atoms with Crippen LogP contribution in [0.3, 0.4) is 0 Å². The number of esters is 2. The van der Waals surface area contributed by atoms with Crippen LogP contribution >= 0.6 is 7.82 Å². The molecule has 322 valence electrons. The summed E-state index contributed by atoms with van der Waals surface area (Å²) in [4.78, 5) is 35.0. The van der Waals surface area contributed by atoms with Crippen LogP contribution in [0.5, 0.6) is 0 Å². The van der Waals surface area contributed by atoms with Crippen molar-refractivity contribution in [2.75, 3.05) is 26.4 Å². The fourth-order valence-electron chi connectivity index (χ4n) is 5.84. The highest BCUT2D eigenvalue weighted by Gasteiger charge is 2.27. The van der Waals surface area contributed by atoms with E-state index in [1.54, 1.807) is 0 Å². The van der Waals surface area contributed by atoms with Crippen LogP contribution in [0.2, 0.25) is 0 Å². The molecule has 0 aromatic rings. The van der Waals surface area contributed by atoms with Crippen molar-refractivity contribution in [3.63, 3.8) is 0 Å². The number of carbonyl (C=O) groups is 2. The van der Waals surface area contributed by atoms with Crippen LogP contribution < -0.4 is 0 Å². The number of hydrogen-bond donors (Lipinski definition) is 3. The number of aliphatic hydroxyl groups excluding tert-OH is 2. The zero-order valence-corrected chi connectivity index (χ0v) is 35.8. The maximum Gasteiger partial charge on any atom is 0.472 e. The number of hydrogen-bond acceptors (Lipinski definition) is 9. The minimum Gasteiger partial charge on any atom is -0.462 e. The van der Waals surface area contributed by atoms with Gasteiger partial charge in [-0.05, 0) is 70.6 Å². The lowest BCUT2D eigenvalue weighted by molar-refractivity contribution is -0.161. The number of phosphoric ester groups is 1. The summed E-state index contributed by atoms with van der Waals surface area (Å²) < 4.78 is 32.7. The summed E-state index contributed by atoms with van der Waals surface area (Å²) in [5, 5.41) is 18.3. The molecular formula is C44H81O10P. The first kappa shape index (κ1) is 53.2. The van der Waals surface area contributed by atoms with E-state index < -0.39 is 51.8 Å². The molecule has 11 heteroatoms. The van der Waals surface area contributed by atoms with Crippen LogP contribution in [0.4, 0.5) is 0 Å². The van der Waals surface area contributed by atoms with E-state index in [-0.39, 0.29) is 19.4 Å². The van der Waals surface area contributed by atoms with Gasteiger partial charge in [0.1, 0.15) is 12.7 Å². The highest BCUT2D eigenvalue weighted by atomic mass is 31.2. The third-order valence-corrected chi connectivity index (χ3v) is 10.2. The third kappa shape index (κ3) is 40.2. The number of allylic oxidation sites excluding steroid dienone is 6.